The molecule has 0 amide bonds. The van der Waals surface area contributed by atoms with Crippen molar-refractivity contribution in [2.24, 2.45) is 0 Å². The Hall–Kier alpha value is -1.32. The highest BCUT2D eigenvalue weighted by molar-refractivity contribution is 5.87. The number of carbonyl (C=O) groups is 2. The lowest BCUT2D eigenvalue weighted by atomic mass is 10.4. The van der Waals surface area contributed by atoms with Gasteiger partial charge in [-0.05, 0) is 19.9 Å². The van der Waals surface area contributed by atoms with E-state index in [1.165, 1.54) is 19.2 Å². The molecular weight excluding hydrogens is 158 g/mol. The average Bonchev–Trinajstić information content (AvgIpc) is 1.98. The molecule has 0 aromatic rings. The lowest BCUT2D eigenvalue weighted by Crippen LogP contribution is -2.20. The summed E-state index contributed by atoms with van der Waals surface area (Å²) in [6.07, 6.45) is 2.78. The summed E-state index contributed by atoms with van der Waals surface area (Å²) in [6.45, 7) is 3.64. The highest BCUT2D eigenvalue weighted by atomic mass is 16.5. The van der Waals surface area contributed by atoms with Gasteiger partial charge < -0.3 is 10.1 Å². The molecule has 0 aliphatic carbocycles. The summed E-state index contributed by atoms with van der Waals surface area (Å²) in [5.74, 6) is -0.392. The Kier molecular flexibility index (Phi) is 5.69. The van der Waals surface area contributed by atoms with Crippen LogP contribution in [0.3, 0.4) is 0 Å². The SMILES string of the molecule is CCOC(=O)CN/C=C/C(C)=O. The number of nitrogens with one attached hydrogen (secondary N) is 1. The van der Waals surface area contributed by atoms with Gasteiger partial charge in [-0.25, -0.2) is 0 Å². The second kappa shape index (κ2) is 6.39. The Morgan fingerprint density at radius 2 is 2.17 bits per heavy atom. The molecule has 0 fully saturated rings. The van der Waals surface area contributed by atoms with Crippen LogP contribution in [0.15, 0.2) is 12.3 Å². The standard InChI is InChI=1S/C8H13NO3/c1-3-12-8(11)6-9-5-4-7(2)10/h4-5,9H,3,6H2,1-2H3/b5-4+. The fraction of sp³-hybridized carbons (Fsp3) is 0.500. The topological polar surface area (TPSA) is 55.4 Å². The van der Waals surface area contributed by atoms with E-state index in [4.69, 9.17) is 0 Å². The largest absolute Gasteiger partial charge is 0.465 e. The van der Waals surface area contributed by atoms with Crippen LogP contribution in [0.5, 0.6) is 0 Å². The molecule has 4 heteroatoms. The van der Waals surface area contributed by atoms with E-state index >= 15 is 0 Å². The Morgan fingerprint density at radius 1 is 1.50 bits per heavy atom. The second-order valence-electron chi connectivity index (χ2n) is 2.13. The minimum absolute atomic E-state index is 0.0636. The smallest absolute Gasteiger partial charge is 0.325 e. The molecule has 0 aliphatic heterocycles. The zero-order valence-electron chi connectivity index (χ0n) is 7.29. The van der Waals surface area contributed by atoms with Crippen LogP contribution >= 0.6 is 0 Å². The van der Waals surface area contributed by atoms with Gasteiger partial charge in [0.15, 0.2) is 5.78 Å². The fourth-order valence-corrected chi connectivity index (χ4v) is 0.531. The summed E-state index contributed by atoms with van der Waals surface area (Å²) in [5, 5.41) is 2.63. The number of hydrogen-bond donors (Lipinski definition) is 1. The highest BCUT2D eigenvalue weighted by Gasteiger charge is 1.96. The predicted molar refractivity (Wildman–Crippen MR) is 44.5 cm³/mol. The molecule has 0 atom stereocenters. The summed E-state index contributed by atoms with van der Waals surface area (Å²) >= 11 is 0. The number of allylic oxidation sites excluding steroid dienone is 1. The van der Waals surface area contributed by atoms with E-state index in [1.807, 2.05) is 0 Å². The quantitative estimate of drug-likeness (QED) is 0.475. The molecule has 68 valence electrons. The summed E-state index contributed by atoms with van der Waals surface area (Å²) < 4.78 is 4.63. The van der Waals surface area contributed by atoms with E-state index in [1.54, 1.807) is 6.92 Å². The zero-order valence-corrected chi connectivity index (χ0v) is 7.29. The molecule has 0 bridgehead atoms. The number of ketones is 1. The Bertz CT molecular complexity index is 187. The Balaban J connectivity index is 3.43. The van der Waals surface area contributed by atoms with E-state index < -0.39 is 0 Å². The third-order valence-corrected chi connectivity index (χ3v) is 0.988. The van der Waals surface area contributed by atoms with Crippen LogP contribution in [0.25, 0.3) is 0 Å². The van der Waals surface area contributed by atoms with Gasteiger partial charge in [0.2, 0.25) is 0 Å². The summed E-state index contributed by atoms with van der Waals surface area (Å²) in [4.78, 5) is 21.1. The molecule has 0 aliphatic rings. The van der Waals surface area contributed by atoms with E-state index in [-0.39, 0.29) is 18.3 Å². The predicted octanol–water partition coefficient (Wildman–Crippen LogP) is 0.242. The van der Waals surface area contributed by atoms with Crippen LogP contribution in [0.4, 0.5) is 0 Å². The van der Waals surface area contributed by atoms with Gasteiger partial charge in [0.1, 0.15) is 6.54 Å². The molecule has 1 N–H and O–H groups in total. The summed E-state index contributed by atoms with van der Waals surface area (Å²) in [6, 6.07) is 0. The Labute approximate surface area is 71.6 Å². The maximum Gasteiger partial charge on any atom is 0.325 e. The Morgan fingerprint density at radius 3 is 2.67 bits per heavy atom. The van der Waals surface area contributed by atoms with Crippen molar-refractivity contribution < 1.29 is 14.3 Å². The third kappa shape index (κ3) is 6.80. The van der Waals surface area contributed by atoms with Crippen molar-refractivity contribution in [1.82, 2.24) is 5.32 Å². The van der Waals surface area contributed by atoms with Crippen LogP contribution in [-0.4, -0.2) is 24.9 Å². The van der Waals surface area contributed by atoms with E-state index in [0.29, 0.717) is 6.61 Å². The van der Waals surface area contributed by atoms with Crippen molar-refractivity contribution in [3.63, 3.8) is 0 Å². The molecule has 0 spiro atoms. The van der Waals surface area contributed by atoms with Gasteiger partial charge in [0.25, 0.3) is 0 Å². The van der Waals surface area contributed by atoms with Crippen molar-refractivity contribution in [3.05, 3.63) is 12.3 Å². The molecule has 0 heterocycles. The van der Waals surface area contributed by atoms with E-state index in [2.05, 4.69) is 10.1 Å². The van der Waals surface area contributed by atoms with E-state index in [0.717, 1.165) is 0 Å². The first-order valence-corrected chi connectivity index (χ1v) is 3.73. The van der Waals surface area contributed by atoms with Crippen molar-refractivity contribution >= 4 is 11.8 Å². The van der Waals surface area contributed by atoms with Crippen LogP contribution in [-0.2, 0) is 14.3 Å². The van der Waals surface area contributed by atoms with Crippen molar-refractivity contribution in [2.45, 2.75) is 13.8 Å². The van der Waals surface area contributed by atoms with Crippen LogP contribution in [0, 0.1) is 0 Å². The first-order valence-electron chi connectivity index (χ1n) is 3.73. The number of ether oxygens (including phenoxy) is 1. The van der Waals surface area contributed by atoms with Crippen molar-refractivity contribution in [1.29, 1.82) is 0 Å². The van der Waals surface area contributed by atoms with Crippen molar-refractivity contribution in [2.75, 3.05) is 13.2 Å². The molecule has 0 rings (SSSR count). The zero-order chi connectivity index (χ0) is 9.40. The van der Waals surface area contributed by atoms with Gasteiger partial charge >= 0.3 is 5.97 Å². The number of carbonyl (C=O) groups excluding carboxylic acids is 2. The maximum atomic E-state index is 10.7. The first kappa shape index (κ1) is 10.7. The molecule has 12 heavy (non-hydrogen) atoms. The molecule has 0 unspecified atom stereocenters. The lowest BCUT2D eigenvalue weighted by molar-refractivity contribution is -0.141. The minimum atomic E-state index is -0.328. The van der Waals surface area contributed by atoms with Gasteiger partial charge in [-0.2, -0.15) is 0 Å². The number of hydrogen-bond acceptors (Lipinski definition) is 4. The minimum Gasteiger partial charge on any atom is -0.465 e. The van der Waals surface area contributed by atoms with Gasteiger partial charge in [-0.1, -0.05) is 0 Å². The van der Waals surface area contributed by atoms with E-state index in [9.17, 15) is 9.59 Å². The molecule has 0 aromatic carbocycles. The van der Waals surface area contributed by atoms with Gasteiger partial charge in [-0.15, -0.1) is 0 Å². The van der Waals surface area contributed by atoms with Gasteiger partial charge in [0, 0.05) is 6.20 Å². The molecule has 0 saturated heterocycles. The lowest BCUT2D eigenvalue weighted by Gasteiger charge is -1.99. The first-order chi connectivity index (χ1) is 5.66. The van der Waals surface area contributed by atoms with Crippen molar-refractivity contribution in [3.8, 4) is 0 Å². The monoisotopic (exact) mass is 171 g/mol. The van der Waals surface area contributed by atoms with Gasteiger partial charge in [-0.3, -0.25) is 9.59 Å². The summed E-state index contributed by atoms with van der Waals surface area (Å²) in [5.41, 5.74) is 0. The summed E-state index contributed by atoms with van der Waals surface area (Å²) in [7, 11) is 0. The second-order valence-corrected chi connectivity index (χ2v) is 2.13. The molecule has 0 radical (unpaired) electrons. The highest BCUT2D eigenvalue weighted by Crippen LogP contribution is 1.76. The fourth-order valence-electron chi connectivity index (χ4n) is 0.531. The third-order valence-electron chi connectivity index (χ3n) is 0.988. The molecule has 4 nitrogen and oxygen atoms in total. The number of esters is 1. The van der Waals surface area contributed by atoms with Gasteiger partial charge in [0.05, 0.1) is 6.61 Å². The van der Waals surface area contributed by atoms with Crippen LogP contribution < -0.4 is 5.32 Å². The molecule has 0 aromatic heterocycles. The molecule has 0 saturated carbocycles. The number of rotatable bonds is 5. The average molecular weight is 171 g/mol. The van der Waals surface area contributed by atoms with Crippen LogP contribution in [0.2, 0.25) is 0 Å². The van der Waals surface area contributed by atoms with Crippen LogP contribution in [0.1, 0.15) is 13.8 Å². The maximum absolute atomic E-state index is 10.7. The normalized spacial score (nSPS) is 9.83. The molecular formula is C8H13NO3.